The van der Waals surface area contributed by atoms with Crippen LogP contribution < -0.4 is 25.3 Å². The van der Waals surface area contributed by atoms with E-state index in [1.54, 1.807) is 0 Å². The number of benzene rings is 1. The number of halogens is 3. The van der Waals surface area contributed by atoms with E-state index in [0.717, 1.165) is 23.5 Å². The van der Waals surface area contributed by atoms with E-state index in [2.05, 4.69) is 20.3 Å². The summed E-state index contributed by atoms with van der Waals surface area (Å²) in [5, 5.41) is 2.88. The van der Waals surface area contributed by atoms with Crippen LogP contribution in [0.15, 0.2) is 24.5 Å². The van der Waals surface area contributed by atoms with Crippen molar-refractivity contribution in [2.75, 3.05) is 19.5 Å². The van der Waals surface area contributed by atoms with Crippen LogP contribution >= 0.6 is 11.3 Å². The molecule has 0 radical (unpaired) electrons. The third-order valence-electron chi connectivity index (χ3n) is 6.72. The molecule has 38 heavy (non-hydrogen) atoms. The lowest BCUT2D eigenvalue weighted by atomic mass is 9.75. The monoisotopic (exact) mass is 549 g/mol. The number of carbonyl (C=O) groups excluding carboxylic acids is 2. The Hall–Kier alpha value is -3.94. The summed E-state index contributed by atoms with van der Waals surface area (Å²) in [6, 6.07) is 3.22. The number of nitrogens with two attached hydrogens (primary N) is 1. The summed E-state index contributed by atoms with van der Waals surface area (Å²) in [6.07, 6.45) is -1.89. The summed E-state index contributed by atoms with van der Waals surface area (Å²) in [4.78, 5) is 38.0. The quantitative estimate of drug-likeness (QED) is 0.484. The SMILES string of the molecule is COc1ncnc(OC)c1C(=O)Nc1nc2c(s1)C1(CCC(C(N)=O)CC1)Oc1cc(C(F)(F)F)ccc1-2. The molecule has 2 aromatic heterocycles. The highest BCUT2D eigenvalue weighted by Crippen LogP contribution is 2.55. The van der Waals surface area contributed by atoms with Crippen molar-refractivity contribution in [2.45, 2.75) is 37.5 Å². The van der Waals surface area contributed by atoms with Crippen LogP contribution in [0.1, 0.15) is 46.5 Å². The highest BCUT2D eigenvalue weighted by Gasteiger charge is 2.47. The van der Waals surface area contributed by atoms with Gasteiger partial charge in [0.15, 0.2) is 10.7 Å². The molecule has 1 saturated carbocycles. The molecule has 200 valence electrons. The summed E-state index contributed by atoms with van der Waals surface area (Å²) in [5.41, 5.74) is 4.34. The summed E-state index contributed by atoms with van der Waals surface area (Å²) in [5.74, 6) is -1.42. The Bertz CT molecular complexity index is 1400. The van der Waals surface area contributed by atoms with Crippen molar-refractivity contribution in [1.82, 2.24) is 15.0 Å². The minimum atomic E-state index is -4.56. The number of anilines is 1. The molecule has 0 bridgehead atoms. The van der Waals surface area contributed by atoms with E-state index in [-0.39, 0.29) is 34.1 Å². The van der Waals surface area contributed by atoms with Gasteiger partial charge in [0.1, 0.15) is 17.7 Å². The minimum Gasteiger partial charge on any atom is -0.481 e. The van der Waals surface area contributed by atoms with Gasteiger partial charge in [-0.15, -0.1) is 0 Å². The van der Waals surface area contributed by atoms with Gasteiger partial charge in [-0.3, -0.25) is 14.9 Å². The van der Waals surface area contributed by atoms with Gasteiger partial charge < -0.3 is 19.9 Å². The number of alkyl halides is 3. The van der Waals surface area contributed by atoms with E-state index in [1.165, 1.54) is 26.6 Å². The average molecular weight is 550 g/mol. The number of fused-ring (bicyclic) bond motifs is 4. The number of aromatic nitrogens is 3. The van der Waals surface area contributed by atoms with Gasteiger partial charge in [-0.25, -0.2) is 15.0 Å². The fourth-order valence-corrected chi connectivity index (χ4v) is 5.97. The maximum Gasteiger partial charge on any atom is 0.416 e. The van der Waals surface area contributed by atoms with Crippen LogP contribution in [0.25, 0.3) is 11.3 Å². The van der Waals surface area contributed by atoms with Crippen LogP contribution in [0.3, 0.4) is 0 Å². The highest BCUT2D eigenvalue weighted by molar-refractivity contribution is 7.16. The van der Waals surface area contributed by atoms with E-state index in [0.29, 0.717) is 41.8 Å². The molecular formula is C24H22F3N5O5S. The Labute approximate surface area is 218 Å². The fourth-order valence-electron chi connectivity index (χ4n) is 4.82. The molecule has 1 spiro atoms. The molecule has 2 aliphatic rings. The lowest BCUT2D eigenvalue weighted by molar-refractivity contribution is -0.138. The Kier molecular flexibility index (Phi) is 6.37. The highest BCUT2D eigenvalue weighted by atomic mass is 32.1. The lowest BCUT2D eigenvalue weighted by Crippen LogP contribution is -2.41. The van der Waals surface area contributed by atoms with Gasteiger partial charge in [-0.05, 0) is 43.9 Å². The number of carbonyl (C=O) groups is 2. The zero-order chi connectivity index (χ0) is 27.2. The van der Waals surface area contributed by atoms with Crippen LogP contribution in [0, 0.1) is 5.92 Å². The predicted octanol–water partition coefficient (Wildman–Crippen LogP) is 4.15. The number of nitrogens with one attached hydrogen (secondary N) is 1. The number of thiazole rings is 1. The summed E-state index contributed by atoms with van der Waals surface area (Å²) < 4.78 is 57.0. The van der Waals surface area contributed by atoms with Crippen molar-refractivity contribution >= 4 is 28.3 Å². The van der Waals surface area contributed by atoms with Crippen molar-refractivity contribution in [3.8, 4) is 28.8 Å². The van der Waals surface area contributed by atoms with Crippen molar-refractivity contribution in [2.24, 2.45) is 11.7 Å². The molecule has 1 aliphatic carbocycles. The molecule has 0 saturated heterocycles. The van der Waals surface area contributed by atoms with Gasteiger partial charge in [0.2, 0.25) is 17.7 Å². The molecule has 5 rings (SSSR count). The lowest BCUT2D eigenvalue weighted by Gasteiger charge is -2.42. The van der Waals surface area contributed by atoms with E-state index >= 15 is 0 Å². The van der Waals surface area contributed by atoms with Crippen LogP contribution in [0.4, 0.5) is 18.3 Å². The number of hydrogen-bond donors (Lipinski definition) is 2. The summed E-state index contributed by atoms with van der Waals surface area (Å²) in [6.45, 7) is 0. The second kappa shape index (κ2) is 9.42. The third kappa shape index (κ3) is 4.38. The van der Waals surface area contributed by atoms with Crippen molar-refractivity contribution in [3.63, 3.8) is 0 Å². The van der Waals surface area contributed by atoms with Crippen LogP contribution in [0.5, 0.6) is 17.5 Å². The zero-order valence-electron chi connectivity index (χ0n) is 20.2. The predicted molar refractivity (Wildman–Crippen MR) is 129 cm³/mol. The normalized spacial score (nSPS) is 20.2. The van der Waals surface area contributed by atoms with E-state index in [1.807, 2.05) is 0 Å². The second-order valence-corrected chi connectivity index (χ2v) is 9.90. The first-order valence-electron chi connectivity index (χ1n) is 11.5. The minimum absolute atomic E-state index is 0.00901. The Balaban J connectivity index is 1.56. The topological polar surface area (TPSA) is 139 Å². The Morgan fingerprint density at radius 1 is 1.16 bits per heavy atom. The first-order valence-corrected chi connectivity index (χ1v) is 12.3. The van der Waals surface area contributed by atoms with Crippen LogP contribution in [-0.2, 0) is 16.6 Å². The largest absolute Gasteiger partial charge is 0.481 e. The van der Waals surface area contributed by atoms with Gasteiger partial charge >= 0.3 is 6.18 Å². The molecule has 10 nitrogen and oxygen atoms in total. The zero-order valence-corrected chi connectivity index (χ0v) is 21.0. The van der Waals surface area contributed by atoms with Gasteiger partial charge in [-0.1, -0.05) is 11.3 Å². The standard InChI is InChI=1S/C24H22F3N5O5S/c1-35-20-15(21(36-2)30-10-29-20)19(34)32-22-31-16-13-4-3-12(24(25,26)27)9-14(13)37-23(17(16)38-22)7-5-11(6-8-23)18(28)33/h3-4,9-11H,5-8H2,1-2H3,(H2,28,33)(H,31,32,34). The van der Waals surface area contributed by atoms with Crippen molar-refractivity contribution < 1.29 is 37.0 Å². The molecule has 3 aromatic rings. The Morgan fingerprint density at radius 2 is 1.82 bits per heavy atom. The van der Waals surface area contributed by atoms with Crippen molar-refractivity contribution in [3.05, 3.63) is 40.5 Å². The van der Waals surface area contributed by atoms with E-state index in [9.17, 15) is 22.8 Å². The van der Waals surface area contributed by atoms with Crippen molar-refractivity contribution in [1.29, 1.82) is 0 Å². The molecule has 3 heterocycles. The second-order valence-electron chi connectivity index (χ2n) is 8.90. The van der Waals surface area contributed by atoms with Gasteiger partial charge in [0, 0.05) is 11.5 Å². The third-order valence-corrected chi connectivity index (χ3v) is 7.87. The molecule has 1 aromatic carbocycles. The number of ether oxygens (including phenoxy) is 3. The maximum atomic E-state index is 13.5. The summed E-state index contributed by atoms with van der Waals surface area (Å²) in [7, 11) is 2.69. The number of methoxy groups -OCH3 is 2. The molecule has 3 N–H and O–H groups in total. The first kappa shape index (κ1) is 25.7. The number of rotatable bonds is 5. The van der Waals surface area contributed by atoms with Gasteiger partial charge in [0.25, 0.3) is 5.91 Å². The van der Waals surface area contributed by atoms with Gasteiger partial charge in [0.05, 0.1) is 30.4 Å². The van der Waals surface area contributed by atoms with Crippen LogP contribution in [0.2, 0.25) is 0 Å². The Morgan fingerprint density at radius 3 is 2.39 bits per heavy atom. The molecule has 1 aliphatic heterocycles. The smallest absolute Gasteiger partial charge is 0.416 e. The first-order chi connectivity index (χ1) is 18.1. The summed E-state index contributed by atoms with van der Waals surface area (Å²) >= 11 is 1.14. The molecule has 2 amide bonds. The molecular weight excluding hydrogens is 527 g/mol. The fraction of sp³-hybridized carbons (Fsp3) is 0.375. The molecule has 1 fully saturated rings. The van der Waals surface area contributed by atoms with Crippen LogP contribution in [-0.4, -0.2) is 41.0 Å². The number of hydrogen-bond acceptors (Lipinski definition) is 9. The molecule has 0 atom stereocenters. The number of nitrogens with zero attached hydrogens (tertiary/aromatic N) is 3. The van der Waals surface area contributed by atoms with E-state index in [4.69, 9.17) is 19.9 Å². The number of amides is 2. The molecule has 14 heteroatoms. The van der Waals surface area contributed by atoms with Gasteiger partial charge in [-0.2, -0.15) is 13.2 Å². The van der Waals surface area contributed by atoms with E-state index < -0.39 is 29.2 Å². The maximum absolute atomic E-state index is 13.5. The molecule has 0 unspecified atom stereocenters. The number of primary amides is 1. The average Bonchev–Trinajstić information content (AvgIpc) is 3.32.